The lowest BCUT2D eigenvalue weighted by atomic mass is 9.80. The SMILES string of the molecule is COC1(Cn2c(N)nc3cc(Br)c(F)cc32)CCC1. The Morgan fingerprint density at radius 3 is 2.84 bits per heavy atom. The summed E-state index contributed by atoms with van der Waals surface area (Å²) >= 11 is 3.16. The maximum atomic E-state index is 13.7. The van der Waals surface area contributed by atoms with Crippen LogP contribution in [0.3, 0.4) is 0 Å². The number of methoxy groups -OCH3 is 1. The third kappa shape index (κ3) is 2.03. The van der Waals surface area contributed by atoms with Crippen LogP contribution in [0.1, 0.15) is 19.3 Å². The highest BCUT2D eigenvalue weighted by Gasteiger charge is 2.38. The molecule has 1 saturated carbocycles. The highest BCUT2D eigenvalue weighted by molar-refractivity contribution is 9.10. The minimum atomic E-state index is -0.311. The number of ether oxygens (including phenoxy) is 1. The zero-order valence-electron chi connectivity index (χ0n) is 10.6. The molecule has 1 aliphatic rings. The Bertz CT molecular complexity index is 631. The first-order valence-electron chi connectivity index (χ1n) is 6.21. The summed E-state index contributed by atoms with van der Waals surface area (Å²) in [5.74, 6) is 0.0875. The minimum absolute atomic E-state index is 0.175. The summed E-state index contributed by atoms with van der Waals surface area (Å²) in [6.45, 7) is 0.618. The molecular weight excluding hydrogens is 313 g/mol. The first-order chi connectivity index (χ1) is 9.04. The van der Waals surface area contributed by atoms with E-state index in [0.717, 1.165) is 19.3 Å². The van der Waals surface area contributed by atoms with Gasteiger partial charge in [0.2, 0.25) is 5.95 Å². The number of fused-ring (bicyclic) bond motifs is 1. The summed E-state index contributed by atoms with van der Waals surface area (Å²) in [5, 5.41) is 0. The Balaban J connectivity index is 2.07. The predicted octanol–water partition coefficient (Wildman–Crippen LogP) is 3.09. The van der Waals surface area contributed by atoms with E-state index in [0.29, 0.717) is 28.0 Å². The molecule has 19 heavy (non-hydrogen) atoms. The molecule has 3 rings (SSSR count). The molecule has 1 heterocycles. The number of halogens is 2. The molecule has 0 radical (unpaired) electrons. The highest BCUT2D eigenvalue weighted by atomic mass is 79.9. The van der Waals surface area contributed by atoms with Gasteiger partial charge in [-0.3, -0.25) is 0 Å². The van der Waals surface area contributed by atoms with Gasteiger partial charge in [-0.1, -0.05) is 0 Å². The molecule has 0 amide bonds. The molecule has 0 unspecified atom stereocenters. The van der Waals surface area contributed by atoms with Crippen molar-refractivity contribution >= 4 is 32.9 Å². The average molecular weight is 328 g/mol. The van der Waals surface area contributed by atoms with Gasteiger partial charge < -0.3 is 15.0 Å². The maximum absolute atomic E-state index is 13.7. The number of anilines is 1. The summed E-state index contributed by atoms with van der Waals surface area (Å²) < 4.78 is 21.5. The van der Waals surface area contributed by atoms with Crippen LogP contribution in [0.15, 0.2) is 16.6 Å². The number of nitrogen functional groups attached to an aromatic ring is 1. The van der Waals surface area contributed by atoms with E-state index in [9.17, 15) is 4.39 Å². The van der Waals surface area contributed by atoms with Crippen molar-refractivity contribution in [3.05, 3.63) is 22.4 Å². The molecule has 0 bridgehead atoms. The lowest BCUT2D eigenvalue weighted by Crippen LogP contribution is -2.43. The molecule has 0 aliphatic heterocycles. The van der Waals surface area contributed by atoms with Gasteiger partial charge in [-0.05, 0) is 41.3 Å². The zero-order chi connectivity index (χ0) is 13.6. The van der Waals surface area contributed by atoms with Gasteiger partial charge in [0.05, 0.1) is 27.7 Å². The number of hydrogen-bond donors (Lipinski definition) is 1. The van der Waals surface area contributed by atoms with Crippen LogP contribution in [-0.2, 0) is 11.3 Å². The fourth-order valence-corrected chi connectivity index (χ4v) is 2.92. The van der Waals surface area contributed by atoms with E-state index >= 15 is 0 Å². The van der Waals surface area contributed by atoms with Crippen molar-refractivity contribution in [2.45, 2.75) is 31.4 Å². The van der Waals surface area contributed by atoms with E-state index in [1.54, 1.807) is 13.2 Å². The van der Waals surface area contributed by atoms with Crippen LogP contribution < -0.4 is 5.73 Å². The van der Waals surface area contributed by atoms with Crippen LogP contribution in [0, 0.1) is 5.82 Å². The number of nitrogens with two attached hydrogens (primary N) is 1. The maximum Gasteiger partial charge on any atom is 0.201 e. The number of aromatic nitrogens is 2. The second-order valence-corrected chi connectivity index (χ2v) is 5.91. The first-order valence-corrected chi connectivity index (χ1v) is 7.00. The molecule has 1 aromatic carbocycles. The van der Waals surface area contributed by atoms with E-state index in [2.05, 4.69) is 20.9 Å². The van der Waals surface area contributed by atoms with Crippen molar-refractivity contribution < 1.29 is 9.13 Å². The van der Waals surface area contributed by atoms with Gasteiger partial charge in [0.25, 0.3) is 0 Å². The zero-order valence-corrected chi connectivity index (χ0v) is 12.2. The molecule has 0 spiro atoms. The Labute approximate surface area is 118 Å². The van der Waals surface area contributed by atoms with Crippen LogP contribution in [-0.4, -0.2) is 22.3 Å². The lowest BCUT2D eigenvalue weighted by molar-refractivity contribution is -0.0824. The van der Waals surface area contributed by atoms with Crippen molar-refractivity contribution in [2.24, 2.45) is 0 Å². The molecule has 0 saturated heterocycles. The topological polar surface area (TPSA) is 53.1 Å². The van der Waals surface area contributed by atoms with Crippen molar-refractivity contribution in [3.63, 3.8) is 0 Å². The summed E-state index contributed by atoms with van der Waals surface area (Å²) in [4.78, 5) is 4.28. The van der Waals surface area contributed by atoms with Gasteiger partial charge in [0, 0.05) is 13.2 Å². The van der Waals surface area contributed by atoms with E-state index < -0.39 is 0 Å². The second kappa shape index (κ2) is 4.45. The van der Waals surface area contributed by atoms with Gasteiger partial charge in [-0.25, -0.2) is 9.37 Å². The van der Waals surface area contributed by atoms with E-state index in [4.69, 9.17) is 10.5 Å². The molecule has 1 aromatic heterocycles. The Morgan fingerprint density at radius 2 is 2.26 bits per heavy atom. The Hall–Kier alpha value is -1.14. The molecule has 1 fully saturated rings. The molecule has 2 aromatic rings. The summed E-state index contributed by atoms with van der Waals surface area (Å²) in [7, 11) is 1.71. The number of benzene rings is 1. The lowest BCUT2D eigenvalue weighted by Gasteiger charge is -2.40. The quantitative estimate of drug-likeness (QED) is 0.942. The number of imidazole rings is 1. The normalized spacial score (nSPS) is 17.6. The largest absolute Gasteiger partial charge is 0.376 e. The molecule has 4 nitrogen and oxygen atoms in total. The van der Waals surface area contributed by atoms with Crippen molar-refractivity contribution in [3.8, 4) is 0 Å². The Kier molecular flexibility index (Phi) is 3.02. The van der Waals surface area contributed by atoms with Crippen molar-refractivity contribution in [1.82, 2.24) is 9.55 Å². The fourth-order valence-electron chi connectivity index (χ4n) is 2.59. The third-order valence-electron chi connectivity index (χ3n) is 3.96. The molecule has 6 heteroatoms. The molecule has 2 N–H and O–H groups in total. The predicted molar refractivity (Wildman–Crippen MR) is 75.4 cm³/mol. The second-order valence-electron chi connectivity index (χ2n) is 5.05. The molecule has 0 atom stereocenters. The summed E-state index contributed by atoms with van der Waals surface area (Å²) in [5.41, 5.74) is 7.18. The fraction of sp³-hybridized carbons (Fsp3) is 0.462. The molecule has 102 valence electrons. The average Bonchev–Trinajstić information content (AvgIpc) is 2.61. The van der Waals surface area contributed by atoms with Crippen LogP contribution in [0.4, 0.5) is 10.3 Å². The summed E-state index contributed by atoms with van der Waals surface area (Å²) in [6, 6.07) is 3.11. The number of rotatable bonds is 3. The van der Waals surface area contributed by atoms with Gasteiger partial charge in [-0.2, -0.15) is 0 Å². The highest BCUT2D eigenvalue weighted by Crippen LogP contribution is 2.38. The van der Waals surface area contributed by atoms with Crippen LogP contribution in [0.2, 0.25) is 0 Å². The van der Waals surface area contributed by atoms with Gasteiger partial charge in [0.1, 0.15) is 5.82 Å². The Morgan fingerprint density at radius 1 is 1.53 bits per heavy atom. The van der Waals surface area contributed by atoms with Crippen LogP contribution in [0.5, 0.6) is 0 Å². The van der Waals surface area contributed by atoms with Gasteiger partial charge in [-0.15, -0.1) is 0 Å². The molecular formula is C13H15BrFN3O. The van der Waals surface area contributed by atoms with Crippen LogP contribution in [0.25, 0.3) is 11.0 Å². The molecule has 1 aliphatic carbocycles. The standard InChI is InChI=1S/C13H15BrFN3O/c1-19-13(3-2-4-13)7-18-11-6-9(15)8(14)5-10(11)17-12(18)16/h5-6H,2-4,7H2,1H3,(H2,16,17). The number of hydrogen-bond acceptors (Lipinski definition) is 3. The smallest absolute Gasteiger partial charge is 0.201 e. The number of nitrogens with zero attached hydrogens (tertiary/aromatic N) is 2. The minimum Gasteiger partial charge on any atom is -0.376 e. The van der Waals surface area contributed by atoms with E-state index in [1.165, 1.54) is 6.07 Å². The van der Waals surface area contributed by atoms with Crippen molar-refractivity contribution in [1.29, 1.82) is 0 Å². The van der Waals surface area contributed by atoms with Gasteiger partial charge >= 0.3 is 0 Å². The van der Waals surface area contributed by atoms with E-state index in [1.807, 2.05) is 4.57 Å². The first kappa shape index (κ1) is 12.9. The van der Waals surface area contributed by atoms with E-state index in [-0.39, 0.29) is 11.4 Å². The monoisotopic (exact) mass is 327 g/mol. The summed E-state index contributed by atoms with van der Waals surface area (Å²) in [6.07, 6.45) is 3.16. The van der Waals surface area contributed by atoms with Crippen LogP contribution >= 0.6 is 15.9 Å². The van der Waals surface area contributed by atoms with Crippen molar-refractivity contribution in [2.75, 3.05) is 12.8 Å². The third-order valence-corrected chi connectivity index (χ3v) is 4.57. The van der Waals surface area contributed by atoms with Gasteiger partial charge in [0.15, 0.2) is 0 Å².